The van der Waals surface area contributed by atoms with Gasteiger partial charge in [-0.25, -0.2) is 18.3 Å². The first kappa shape index (κ1) is 21.1. The Morgan fingerprint density at radius 1 is 1.33 bits per heavy atom. The summed E-state index contributed by atoms with van der Waals surface area (Å²) in [6.07, 6.45) is 3.39. The Kier molecular flexibility index (Phi) is 5.92. The number of alkyl halides is 2. The van der Waals surface area contributed by atoms with Crippen molar-refractivity contribution in [2.75, 3.05) is 18.0 Å². The summed E-state index contributed by atoms with van der Waals surface area (Å²) in [5.74, 6) is -3.37. The molecule has 0 atom stereocenters. The van der Waals surface area contributed by atoms with Crippen LogP contribution in [0.4, 0.5) is 19.3 Å². The van der Waals surface area contributed by atoms with Crippen molar-refractivity contribution in [2.24, 2.45) is 12.8 Å². The minimum atomic E-state index is -3.37. The van der Waals surface area contributed by atoms with Crippen LogP contribution in [0.2, 0.25) is 0 Å². The van der Waals surface area contributed by atoms with Crippen LogP contribution in [0.1, 0.15) is 11.3 Å². The lowest BCUT2D eigenvalue weighted by Crippen LogP contribution is -2.44. The first-order valence-corrected chi connectivity index (χ1v) is 8.94. The number of halogens is 2. The van der Waals surface area contributed by atoms with Gasteiger partial charge in [0.25, 0.3) is 5.92 Å². The van der Waals surface area contributed by atoms with E-state index in [-0.39, 0.29) is 23.2 Å². The first-order valence-electron chi connectivity index (χ1n) is 8.94. The van der Waals surface area contributed by atoms with Gasteiger partial charge in [-0.15, -0.1) is 0 Å². The van der Waals surface area contributed by atoms with Gasteiger partial charge in [0.05, 0.1) is 25.5 Å². The third-order valence-electron chi connectivity index (χ3n) is 4.35. The molecule has 1 amide bonds. The van der Waals surface area contributed by atoms with E-state index in [9.17, 15) is 23.5 Å². The fourth-order valence-corrected chi connectivity index (χ4v) is 2.83. The lowest BCUT2D eigenvalue weighted by molar-refractivity contribution is 0.0189. The van der Waals surface area contributed by atoms with E-state index in [2.05, 4.69) is 10.2 Å². The van der Waals surface area contributed by atoms with E-state index < -0.39 is 25.1 Å². The quantitative estimate of drug-likeness (QED) is 0.602. The van der Waals surface area contributed by atoms with Gasteiger partial charge in [0.1, 0.15) is 11.4 Å². The lowest BCUT2D eigenvalue weighted by Gasteiger charge is -2.24. The molecule has 0 aliphatic rings. The Hall–Kier alpha value is -3.60. The maximum absolute atomic E-state index is 13.7. The van der Waals surface area contributed by atoms with Crippen molar-refractivity contribution >= 4 is 11.8 Å². The minimum absolute atomic E-state index is 0.0524. The number of amides is 1. The fraction of sp³-hybridized carbons (Fsp3) is 0.263. The average Bonchev–Trinajstić information content (AvgIpc) is 3.14. The summed E-state index contributed by atoms with van der Waals surface area (Å²) in [5.41, 5.74) is 6.20. The predicted octanol–water partition coefficient (Wildman–Crippen LogP) is 1.64. The lowest BCUT2D eigenvalue weighted by atomic mass is 10.1. The molecule has 30 heavy (non-hydrogen) atoms. The highest BCUT2D eigenvalue weighted by Gasteiger charge is 2.33. The second-order valence-electron chi connectivity index (χ2n) is 6.72. The van der Waals surface area contributed by atoms with Crippen LogP contribution in [0, 0.1) is 0 Å². The van der Waals surface area contributed by atoms with Gasteiger partial charge in [0.2, 0.25) is 5.43 Å². The van der Waals surface area contributed by atoms with Crippen LogP contribution >= 0.6 is 0 Å². The van der Waals surface area contributed by atoms with E-state index in [1.165, 1.54) is 35.1 Å². The van der Waals surface area contributed by atoms with E-state index in [1.54, 1.807) is 30.2 Å². The summed E-state index contributed by atoms with van der Waals surface area (Å²) in [6.45, 7) is -2.04. The van der Waals surface area contributed by atoms with Crippen LogP contribution < -0.4 is 16.1 Å². The number of nitrogens with two attached hydrogens (primary N) is 1. The molecular weight excluding hydrogens is 398 g/mol. The van der Waals surface area contributed by atoms with Gasteiger partial charge in [-0.05, 0) is 17.7 Å². The normalized spacial score (nSPS) is 11.5. The van der Waals surface area contributed by atoms with Crippen molar-refractivity contribution in [3.05, 3.63) is 70.4 Å². The van der Waals surface area contributed by atoms with E-state index in [0.29, 0.717) is 16.2 Å². The van der Waals surface area contributed by atoms with Gasteiger partial charge in [0, 0.05) is 31.4 Å². The number of benzene rings is 1. The van der Waals surface area contributed by atoms with Crippen molar-refractivity contribution in [3.63, 3.8) is 0 Å². The highest BCUT2D eigenvalue weighted by Crippen LogP contribution is 2.22. The first-order chi connectivity index (χ1) is 14.2. The van der Waals surface area contributed by atoms with E-state index in [1.807, 2.05) is 0 Å². The van der Waals surface area contributed by atoms with Gasteiger partial charge in [-0.1, -0.05) is 12.1 Å². The number of aromatic nitrogens is 4. The molecule has 1 aromatic carbocycles. The summed E-state index contributed by atoms with van der Waals surface area (Å²) in [7, 11) is 1.75. The molecule has 3 aromatic rings. The molecule has 9 nitrogen and oxygen atoms in total. The molecule has 0 spiro atoms. The summed E-state index contributed by atoms with van der Waals surface area (Å²) in [5, 5.41) is 17.7. The molecule has 11 heteroatoms. The van der Waals surface area contributed by atoms with E-state index in [4.69, 9.17) is 5.73 Å². The monoisotopic (exact) mass is 418 g/mol. The topological polar surface area (TPSA) is 119 Å². The molecule has 3 N–H and O–H groups in total. The molecule has 2 heterocycles. The van der Waals surface area contributed by atoms with Crippen LogP contribution in [0.5, 0.6) is 0 Å². The van der Waals surface area contributed by atoms with Gasteiger partial charge in [-0.3, -0.25) is 14.4 Å². The molecule has 0 aliphatic carbocycles. The highest BCUT2D eigenvalue weighted by molar-refractivity contribution is 5.86. The zero-order chi connectivity index (χ0) is 21.9. The van der Waals surface area contributed by atoms with Crippen LogP contribution in [-0.4, -0.2) is 49.8 Å². The van der Waals surface area contributed by atoms with Gasteiger partial charge in [0.15, 0.2) is 0 Å². The average molecular weight is 418 g/mol. The van der Waals surface area contributed by atoms with Crippen LogP contribution in [0.3, 0.4) is 0 Å². The molecule has 0 radical (unpaired) electrons. The van der Waals surface area contributed by atoms with E-state index in [0.717, 1.165) is 0 Å². The molecule has 158 valence electrons. The highest BCUT2D eigenvalue weighted by atomic mass is 19.3. The number of nitrogens with zero attached hydrogens (tertiary/aromatic N) is 5. The number of rotatable bonds is 7. The molecule has 0 unspecified atom stereocenters. The number of carboxylic acid groups (broad SMARTS) is 1. The third-order valence-corrected chi connectivity index (χ3v) is 4.35. The molecule has 0 saturated heterocycles. The van der Waals surface area contributed by atoms with Crippen molar-refractivity contribution < 1.29 is 18.7 Å². The zero-order valence-corrected chi connectivity index (χ0v) is 16.1. The summed E-state index contributed by atoms with van der Waals surface area (Å²) in [4.78, 5) is 24.3. The van der Waals surface area contributed by atoms with Crippen molar-refractivity contribution in [1.82, 2.24) is 19.6 Å². The smallest absolute Gasteiger partial charge is 0.412 e. The Morgan fingerprint density at radius 3 is 2.73 bits per heavy atom. The SMILES string of the molecule is Cn1cc(-n2ccc(=O)c(Cc3cccc(N(CC(F)(F)CN)C(=O)O)c3)n2)cn1. The second kappa shape index (κ2) is 8.41. The molecule has 0 bridgehead atoms. The molecule has 0 fully saturated rings. The predicted molar refractivity (Wildman–Crippen MR) is 105 cm³/mol. The molecule has 3 rings (SSSR count). The summed E-state index contributed by atoms with van der Waals surface area (Å²) >= 11 is 0. The largest absolute Gasteiger partial charge is 0.465 e. The fourth-order valence-electron chi connectivity index (χ4n) is 2.83. The maximum Gasteiger partial charge on any atom is 0.412 e. The molecular formula is C19H20F2N6O3. The Bertz CT molecular complexity index is 1110. The van der Waals surface area contributed by atoms with Gasteiger partial charge < -0.3 is 10.8 Å². The van der Waals surface area contributed by atoms with Gasteiger partial charge in [-0.2, -0.15) is 10.2 Å². The summed E-state index contributed by atoms with van der Waals surface area (Å²) in [6, 6.07) is 7.39. The Morgan fingerprint density at radius 2 is 2.10 bits per heavy atom. The van der Waals surface area contributed by atoms with Crippen LogP contribution in [-0.2, 0) is 13.5 Å². The Labute approximate surface area is 170 Å². The van der Waals surface area contributed by atoms with Crippen LogP contribution in [0.25, 0.3) is 5.69 Å². The summed E-state index contributed by atoms with van der Waals surface area (Å²) < 4.78 is 30.4. The maximum atomic E-state index is 13.7. The number of hydrogen-bond donors (Lipinski definition) is 2. The minimum Gasteiger partial charge on any atom is -0.465 e. The van der Waals surface area contributed by atoms with Crippen LogP contribution in [0.15, 0.2) is 53.7 Å². The van der Waals surface area contributed by atoms with Crippen molar-refractivity contribution in [3.8, 4) is 5.69 Å². The van der Waals surface area contributed by atoms with E-state index >= 15 is 0 Å². The molecule has 0 aliphatic heterocycles. The zero-order valence-electron chi connectivity index (χ0n) is 16.1. The molecule has 2 aromatic heterocycles. The molecule has 0 saturated carbocycles. The standard InChI is InChI=1S/C19H20F2N6O3/c1-25-10-15(9-23-25)27-6-5-17(28)16(24-27)8-13-3-2-4-14(7-13)26(18(29)30)12-19(20,21)11-22/h2-7,9-10H,8,11-12,22H2,1H3,(H,29,30). The van der Waals surface area contributed by atoms with Crippen molar-refractivity contribution in [1.29, 1.82) is 0 Å². The number of aryl methyl sites for hydroxylation is 1. The Balaban J connectivity index is 1.89. The van der Waals surface area contributed by atoms with Gasteiger partial charge >= 0.3 is 6.09 Å². The number of anilines is 1. The number of hydrogen-bond acceptors (Lipinski definition) is 5. The van der Waals surface area contributed by atoms with Crippen molar-refractivity contribution in [2.45, 2.75) is 12.3 Å². The second-order valence-corrected chi connectivity index (χ2v) is 6.72. The third kappa shape index (κ3) is 4.87. The number of carbonyl (C=O) groups is 1.